The minimum Gasteiger partial charge on any atom is -0.480 e. The van der Waals surface area contributed by atoms with Gasteiger partial charge in [-0.25, -0.2) is 8.42 Å². The molecule has 0 radical (unpaired) electrons. The highest BCUT2D eigenvalue weighted by Crippen LogP contribution is 2.29. The van der Waals surface area contributed by atoms with Gasteiger partial charge in [0.1, 0.15) is 6.10 Å². The molecule has 26 heavy (non-hydrogen) atoms. The Hall–Kier alpha value is -2.79. The molecule has 1 atom stereocenters. The summed E-state index contributed by atoms with van der Waals surface area (Å²) < 4.78 is 37.3. The molecule has 1 saturated heterocycles. The Labute approximate surface area is 149 Å². The van der Waals surface area contributed by atoms with E-state index in [1.807, 2.05) is 0 Å². The van der Waals surface area contributed by atoms with E-state index < -0.39 is 26.7 Å². The molecule has 0 spiro atoms. The highest BCUT2D eigenvalue weighted by molar-refractivity contribution is 7.89. The quantitative estimate of drug-likeness (QED) is 0.541. The predicted molar refractivity (Wildman–Crippen MR) is 89.5 cm³/mol. The van der Waals surface area contributed by atoms with Crippen LogP contribution in [0.5, 0.6) is 11.8 Å². The maximum Gasteiger partial charge on any atom is 0.289 e. The maximum atomic E-state index is 12.8. The maximum absolute atomic E-state index is 12.8. The summed E-state index contributed by atoms with van der Waals surface area (Å²) in [6, 6.07) is 8.44. The van der Waals surface area contributed by atoms with E-state index in [1.165, 1.54) is 35.7 Å². The van der Waals surface area contributed by atoms with Gasteiger partial charge >= 0.3 is 0 Å². The zero-order valence-electron chi connectivity index (χ0n) is 13.8. The van der Waals surface area contributed by atoms with Crippen molar-refractivity contribution in [3.05, 3.63) is 46.5 Å². The first-order chi connectivity index (χ1) is 12.4. The molecule has 2 heterocycles. The van der Waals surface area contributed by atoms with Crippen LogP contribution in [0.25, 0.3) is 0 Å². The molecule has 1 aliphatic rings. The number of nitro groups is 1. The molecule has 11 heteroatoms. The third-order valence-electron chi connectivity index (χ3n) is 3.90. The van der Waals surface area contributed by atoms with Gasteiger partial charge in [0.05, 0.1) is 18.6 Å². The Kier molecular flexibility index (Phi) is 5.00. The van der Waals surface area contributed by atoms with Crippen LogP contribution in [-0.2, 0) is 10.0 Å². The third-order valence-corrected chi connectivity index (χ3v) is 5.81. The van der Waals surface area contributed by atoms with Crippen LogP contribution in [0.1, 0.15) is 6.42 Å². The van der Waals surface area contributed by atoms with Crippen molar-refractivity contribution >= 4 is 15.7 Å². The molecule has 1 fully saturated rings. The highest BCUT2D eigenvalue weighted by atomic mass is 32.2. The number of aromatic nitrogens is 2. The number of ether oxygens (including phenoxy) is 2. The van der Waals surface area contributed by atoms with Gasteiger partial charge in [0.25, 0.3) is 5.69 Å². The summed E-state index contributed by atoms with van der Waals surface area (Å²) in [7, 11) is -2.53. The lowest BCUT2D eigenvalue weighted by atomic mass is 10.3. The summed E-state index contributed by atoms with van der Waals surface area (Å²) in [5.41, 5.74) is -0.446. The van der Waals surface area contributed by atoms with E-state index in [9.17, 15) is 18.5 Å². The largest absolute Gasteiger partial charge is 0.480 e. The number of sulfonamides is 1. The van der Waals surface area contributed by atoms with E-state index in [0.717, 1.165) is 0 Å². The van der Waals surface area contributed by atoms with Gasteiger partial charge in [-0.1, -0.05) is 12.1 Å². The first-order valence-corrected chi connectivity index (χ1v) is 9.14. The van der Waals surface area contributed by atoms with Gasteiger partial charge in [0.2, 0.25) is 21.8 Å². The zero-order chi connectivity index (χ0) is 18.7. The molecular formula is C15H16N4O6S. The van der Waals surface area contributed by atoms with Crippen LogP contribution in [0.2, 0.25) is 0 Å². The summed E-state index contributed by atoms with van der Waals surface area (Å²) in [5, 5.41) is 18.7. The Morgan fingerprint density at radius 2 is 1.88 bits per heavy atom. The highest BCUT2D eigenvalue weighted by Gasteiger charge is 2.37. The van der Waals surface area contributed by atoms with Gasteiger partial charge in [-0.15, -0.1) is 10.2 Å². The predicted octanol–water partition coefficient (Wildman–Crippen LogP) is 1.24. The van der Waals surface area contributed by atoms with Gasteiger partial charge in [0.15, 0.2) is 4.90 Å². The fourth-order valence-corrected chi connectivity index (χ4v) is 4.27. The number of benzene rings is 1. The number of para-hydroxylation sites is 1. The lowest BCUT2D eigenvalue weighted by Gasteiger charge is -2.17. The number of hydrogen-bond acceptors (Lipinski definition) is 8. The summed E-state index contributed by atoms with van der Waals surface area (Å²) in [5.74, 6) is 0.588. The average Bonchev–Trinajstić information content (AvgIpc) is 3.11. The van der Waals surface area contributed by atoms with Crippen LogP contribution < -0.4 is 9.47 Å². The Morgan fingerprint density at radius 1 is 1.19 bits per heavy atom. The lowest BCUT2D eigenvalue weighted by Crippen LogP contribution is -2.31. The van der Waals surface area contributed by atoms with E-state index in [0.29, 0.717) is 12.3 Å². The number of hydrogen-bond donors (Lipinski definition) is 0. The zero-order valence-corrected chi connectivity index (χ0v) is 14.6. The van der Waals surface area contributed by atoms with E-state index in [1.54, 1.807) is 12.1 Å². The molecule has 10 nitrogen and oxygen atoms in total. The normalized spacial score (nSPS) is 17.8. The van der Waals surface area contributed by atoms with Crippen molar-refractivity contribution in [3.8, 4) is 11.8 Å². The molecule has 0 saturated carbocycles. The lowest BCUT2D eigenvalue weighted by molar-refractivity contribution is -0.387. The van der Waals surface area contributed by atoms with Gasteiger partial charge in [-0.05, 0) is 12.5 Å². The van der Waals surface area contributed by atoms with Crippen molar-refractivity contribution in [3.63, 3.8) is 0 Å². The van der Waals surface area contributed by atoms with Crippen molar-refractivity contribution in [1.29, 1.82) is 0 Å². The molecule has 1 aromatic heterocycles. The molecule has 0 N–H and O–H groups in total. The van der Waals surface area contributed by atoms with Crippen molar-refractivity contribution in [2.75, 3.05) is 20.2 Å². The van der Waals surface area contributed by atoms with E-state index in [-0.39, 0.29) is 23.9 Å². The minimum absolute atomic E-state index is 0.0715. The Morgan fingerprint density at radius 3 is 2.54 bits per heavy atom. The molecule has 2 aromatic rings. The van der Waals surface area contributed by atoms with Crippen LogP contribution in [0.4, 0.5) is 5.69 Å². The summed E-state index contributed by atoms with van der Waals surface area (Å²) in [6.07, 6.45) is 0.0170. The van der Waals surface area contributed by atoms with Crippen LogP contribution >= 0.6 is 0 Å². The van der Waals surface area contributed by atoms with Crippen molar-refractivity contribution in [2.45, 2.75) is 17.4 Å². The molecule has 1 aliphatic heterocycles. The monoisotopic (exact) mass is 380 g/mol. The fraction of sp³-hybridized carbons (Fsp3) is 0.333. The third kappa shape index (κ3) is 3.58. The van der Waals surface area contributed by atoms with Crippen LogP contribution in [0, 0.1) is 10.1 Å². The molecule has 3 rings (SSSR count). The Balaban J connectivity index is 1.74. The molecule has 1 aromatic carbocycles. The minimum atomic E-state index is -3.99. The van der Waals surface area contributed by atoms with Crippen LogP contribution in [0.3, 0.4) is 0 Å². The SMILES string of the molecule is COc1ccc(OC2CCN(S(=O)(=O)c3ccccc3[N+](=O)[O-])C2)nn1. The first kappa shape index (κ1) is 18.0. The molecule has 1 unspecified atom stereocenters. The van der Waals surface area contributed by atoms with Crippen LogP contribution in [-0.4, -0.2) is 54.1 Å². The molecular weight excluding hydrogens is 364 g/mol. The molecule has 0 bridgehead atoms. The van der Waals surface area contributed by atoms with Crippen LogP contribution in [0.15, 0.2) is 41.3 Å². The molecule has 0 aliphatic carbocycles. The van der Waals surface area contributed by atoms with Crippen molar-refractivity contribution < 1.29 is 22.8 Å². The van der Waals surface area contributed by atoms with E-state index in [2.05, 4.69) is 10.2 Å². The second-order valence-electron chi connectivity index (χ2n) is 5.53. The summed E-state index contributed by atoms with van der Waals surface area (Å²) in [6.45, 7) is 0.269. The van der Waals surface area contributed by atoms with Gasteiger partial charge < -0.3 is 9.47 Å². The average molecular weight is 380 g/mol. The van der Waals surface area contributed by atoms with Gasteiger partial charge in [0, 0.05) is 24.7 Å². The van der Waals surface area contributed by atoms with Gasteiger partial charge in [-0.2, -0.15) is 4.31 Å². The Bertz CT molecular complexity index is 903. The number of nitro benzene ring substituents is 1. The second-order valence-corrected chi connectivity index (χ2v) is 7.44. The number of rotatable bonds is 6. The fourth-order valence-electron chi connectivity index (χ4n) is 2.63. The van der Waals surface area contributed by atoms with Crippen molar-refractivity contribution in [1.82, 2.24) is 14.5 Å². The number of nitrogens with zero attached hydrogens (tertiary/aromatic N) is 4. The van der Waals surface area contributed by atoms with Gasteiger partial charge in [-0.3, -0.25) is 10.1 Å². The van der Waals surface area contributed by atoms with E-state index in [4.69, 9.17) is 9.47 Å². The topological polar surface area (TPSA) is 125 Å². The summed E-state index contributed by atoms with van der Waals surface area (Å²) in [4.78, 5) is 10.1. The molecule has 0 amide bonds. The summed E-state index contributed by atoms with van der Waals surface area (Å²) >= 11 is 0. The second kappa shape index (κ2) is 7.22. The van der Waals surface area contributed by atoms with Crippen molar-refractivity contribution in [2.24, 2.45) is 0 Å². The smallest absolute Gasteiger partial charge is 0.289 e. The first-order valence-electron chi connectivity index (χ1n) is 7.70. The molecule has 138 valence electrons. The van der Waals surface area contributed by atoms with E-state index >= 15 is 0 Å². The standard InChI is InChI=1S/C15H16N4O6S/c1-24-14-6-7-15(17-16-14)25-11-8-9-18(10-11)26(22,23)13-5-3-2-4-12(13)19(20)21/h2-7,11H,8-10H2,1H3. The number of methoxy groups -OCH3 is 1.